The first-order chi connectivity index (χ1) is 5.34. The van der Waals surface area contributed by atoms with Crippen LogP contribution >= 0.6 is 0 Å². The van der Waals surface area contributed by atoms with Gasteiger partial charge in [0, 0.05) is 26.3 Å². The van der Waals surface area contributed by atoms with E-state index in [0.29, 0.717) is 12.7 Å². The number of hydrogen-bond donors (Lipinski definition) is 2. The van der Waals surface area contributed by atoms with Crippen molar-refractivity contribution in [2.24, 2.45) is 5.73 Å². The van der Waals surface area contributed by atoms with Gasteiger partial charge in [-0.05, 0) is 12.2 Å². The molecule has 0 saturated heterocycles. The van der Waals surface area contributed by atoms with Crippen molar-refractivity contribution in [2.75, 3.05) is 20.1 Å². The second-order valence-corrected chi connectivity index (χ2v) is 2.58. The van der Waals surface area contributed by atoms with Gasteiger partial charge in [-0.25, -0.2) is 0 Å². The Morgan fingerprint density at radius 3 is 3.00 bits per heavy atom. The van der Waals surface area contributed by atoms with Crippen molar-refractivity contribution in [1.82, 2.24) is 10.2 Å². The number of nitrogens with two attached hydrogens (primary N) is 1. The maximum Gasteiger partial charge on any atom is 0.0982 e. The molecule has 0 aromatic carbocycles. The summed E-state index contributed by atoms with van der Waals surface area (Å²) < 4.78 is 0. The highest BCUT2D eigenvalue weighted by Gasteiger charge is 2.07. The fourth-order valence-corrected chi connectivity index (χ4v) is 1.03. The third-order valence-electron chi connectivity index (χ3n) is 1.66. The Hall–Kier alpha value is -0.800. The summed E-state index contributed by atoms with van der Waals surface area (Å²) in [6.07, 6.45) is 8.50. The lowest BCUT2D eigenvalue weighted by Crippen LogP contribution is -2.42. The van der Waals surface area contributed by atoms with Gasteiger partial charge in [0.25, 0.3) is 0 Å². The highest BCUT2D eigenvalue weighted by molar-refractivity contribution is 5.11. The third kappa shape index (κ3) is 2.37. The van der Waals surface area contributed by atoms with Crippen molar-refractivity contribution >= 4 is 0 Å². The molecular weight excluding hydrogens is 138 g/mol. The monoisotopic (exact) mass is 153 g/mol. The minimum atomic E-state index is 0.309. The summed E-state index contributed by atoms with van der Waals surface area (Å²) in [7, 11) is 2.04. The molecule has 0 fully saturated rings. The van der Waals surface area contributed by atoms with Crippen LogP contribution in [-0.4, -0.2) is 31.2 Å². The first-order valence-corrected chi connectivity index (χ1v) is 3.85. The minimum Gasteiger partial charge on any atom is -0.362 e. The van der Waals surface area contributed by atoms with Crippen LogP contribution in [0.25, 0.3) is 0 Å². The molecule has 3 N–H and O–H groups in total. The van der Waals surface area contributed by atoms with E-state index in [9.17, 15) is 0 Å². The van der Waals surface area contributed by atoms with Crippen LogP contribution in [0.15, 0.2) is 24.4 Å². The van der Waals surface area contributed by atoms with E-state index < -0.39 is 0 Å². The van der Waals surface area contributed by atoms with Crippen LogP contribution in [0.2, 0.25) is 0 Å². The summed E-state index contributed by atoms with van der Waals surface area (Å²) >= 11 is 0. The Balaban J connectivity index is 2.33. The van der Waals surface area contributed by atoms with Gasteiger partial charge in [-0.1, -0.05) is 6.08 Å². The summed E-state index contributed by atoms with van der Waals surface area (Å²) in [5, 5.41) is 3.28. The average molecular weight is 153 g/mol. The summed E-state index contributed by atoms with van der Waals surface area (Å²) in [5.41, 5.74) is 5.37. The molecule has 1 rings (SSSR count). The van der Waals surface area contributed by atoms with Crippen LogP contribution in [0, 0.1) is 0 Å². The van der Waals surface area contributed by atoms with Gasteiger partial charge in [0.05, 0.1) is 6.17 Å². The zero-order valence-electron chi connectivity index (χ0n) is 6.83. The van der Waals surface area contributed by atoms with Gasteiger partial charge in [-0.15, -0.1) is 0 Å². The molecule has 0 amide bonds. The molecule has 1 aliphatic heterocycles. The predicted octanol–water partition coefficient (Wildman–Crippen LogP) is -0.124. The second-order valence-electron chi connectivity index (χ2n) is 2.58. The molecule has 0 spiro atoms. The fourth-order valence-electron chi connectivity index (χ4n) is 1.03. The smallest absolute Gasteiger partial charge is 0.0982 e. The molecule has 0 aliphatic carbocycles. The molecule has 1 aliphatic rings. The van der Waals surface area contributed by atoms with Crippen molar-refractivity contribution in [3.05, 3.63) is 24.4 Å². The van der Waals surface area contributed by atoms with Gasteiger partial charge in [0.2, 0.25) is 0 Å². The molecule has 3 nitrogen and oxygen atoms in total. The van der Waals surface area contributed by atoms with Gasteiger partial charge in [-0.3, -0.25) is 5.32 Å². The van der Waals surface area contributed by atoms with Crippen molar-refractivity contribution < 1.29 is 0 Å². The van der Waals surface area contributed by atoms with Gasteiger partial charge in [0.1, 0.15) is 0 Å². The standard InChI is InChI=1S/C8H15N3/c1-11-7-3-2-4-8(11)10-6-5-9/h2-4,7-8,10H,5-6,9H2,1H3. The normalized spacial score (nSPS) is 22.7. The molecule has 62 valence electrons. The topological polar surface area (TPSA) is 41.3 Å². The largest absolute Gasteiger partial charge is 0.362 e. The quantitative estimate of drug-likeness (QED) is 0.594. The lowest BCUT2D eigenvalue weighted by molar-refractivity contribution is 0.327. The second kappa shape index (κ2) is 4.16. The minimum absolute atomic E-state index is 0.309. The Morgan fingerprint density at radius 1 is 1.55 bits per heavy atom. The van der Waals surface area contributed by atoms with E-state index >= 15 is 0 Å². The number of likely N-dealkylation sites (N-methyl/N-ethyl adjacent to an activating group) is 1. The maximum atomic E-state index is 5.37. The van der Waals surface area contributed by atoms with Crippen molar-refractivity contribution in [2.45, 2.75) is 6.17 Å². The lowest BCUT2D eigenvalue weighted by atomic mass is 10.3. The van der Waals surface area contributed by atoms with E-state index in [1.54, 1.807) is 0 Å². The van der Waals surface area contributed by atoms with Crippen molar-refractivity contribution in [3.8, 4) is 0 Å². The van der Waals surface area contributed by atoms with Gasteiger partial charge >= 0.3 is 0 Å². The molecule has 0 aromatic rings. The van der Waals surface area contributed by atoms with Gasteiger partial charge in [-0.2, -0.15) is 0 Å². The first-order valence-electron chi connectivity index (χ1n) is 3.85. The molecule has 0 radical (unpaired) electrons. The predicted molar refractivity (Wildman–Crippen MR) is 46.9 cm³/mol. The molecule has 1 atom stereocenters. The summed E-state index contributed by atoms with van der Waals surface area (Å²) in [5.74, 6) is 0. The van der Waals surface area contributed by atoms with Gasteiger partial charge < -0.3 is 10.6 Å². The fraction of sp³-hybridized carbons (Fsp3) is 0.500. The average Bonchev–Trinajstić information content (AvgIpc) is 2.03. The maximum absolute atomic E-state index is 5.37. The number of nitrogens with zero attached hydrogens (tertiary/aromatic N) is 1. The SMILES string of the molecule is CN1C=CC=CC1NCCN. The Morgan fingerprint density at radius 2 is 2.36 bits per heavy atom. The Kier molecular flexibility index (Phi) is 3.14. The van der Waals surface area contributed by atoms with Crippen LogP contribution in [0.1, 0.15) is 0 Å². The number of rotatable bonds is 3. The highest BCUT2D eigenvalue weighted by atomic mass is 15.2. The van der Waals surface area contributed by atoms with Crippen LogP contribution in [0.5, 0.6) is 0 Å². The van der Waals surface area contributed by atoms with E-state index in [2.05, 4.69) is 16.3 Å². The van der Waals surface area contributed by atoms with Crippen LogP contribution in [0.4, 0.5) is 0 Å². The van der Waals surface area contributed by atoms with Crippen LogP contribution in [0.3, 0.4) is 0 Å². The first kappa shape index (κ1) is 8.30. The molecular formula is C8H15N3. The zero-order chi connectivity index (χ0) is 8.10. The van der Waals surface area contributed by atoms with Crippen LogP contribution < -0.4 is 11.1 Å². The molecule has 3 heteroatoms. The van der Waals surface area contributed by atoms with E-state index in [4.69, 9.17) is 5.73 Å². The van der Waals surface area contributed by atoms with Crippen molar-refractivity contribution in [3.63, 3.8) is 0 Å². The molecule has 0 aromatic heterocycles. The summed E-state index contributed by atoms with van der Waals surface area (Å²) in [6.45, 7) is 1.54. The van der Waals surface area contributed by atoms with E-state index in [1.807, 2.05) is 25.4 Å². The summed E-state index contributed by atoms with van der Waals surface area (Å²) in [4.78, 5) is 2.11. The summed E-state index contributed by atoms with van der Waals surface area (Å²) in [6, 6.07) is 0. The molecule has 1 unspecified atom stereocenters. The van der Waals surface area contributed by atoms with Crippen LogP contribution in [-0.2, 0) is 0 Å². The number of allylic oxidation sites excluding steroid dienone is 2. The Bertz CT molecular complexity index is 163. The molecule has 0 saturated carbocycles. The highest BCUT2D eigenvalue weighted by Crippen LogP contribution is 2.01. The number of nitrogens with one attached hydrogen (secondary N) is 1. The van der Waals surface area contributed by atoms with Gasteiger partial charge in [0.15, 0.2) is 0 Å². The molecule has 1 heterocycles. The van der Waals surface area contributed by atoms with E-state index in [1.165, 1.54) is 0 Å². The number of hydrogen-bond acceptors (Lipinski definition) is 3. The third-order valence-corrected chi connectivity index (χ3v) is 1.66. The molecule has 0 bridgehead atoms. The zero-order valence-corrected chi connectivity index (χ0v) is 6.83. The molecule has 11 heavy (non-hydrogen) atoms. The lowest BCUT2D eigenvalue weighted by Gasteiger charge is -2.26. The van der Waals surface area contributed by atoms with Crippen molar-refractivity contribution in [1.29, 1.82) is 0 Å². The Labute approximate surface area is 67.6 Å². The van der Waals surface area contributed by atoms with E-state index in [-0.39, 0.29) is 0 Å². The van der Waals surface area contributed by atoms with E-state index in [0.717, 1.165) is 6.54 Å².